The molecule has 10 nitrogen and oxygen atoms in total. The third-order valence-corrected chi connectivity index (χ3v) is 4.94. The molecule has 0 aliphatic carbocycles. The van der Waals surface area contributed by atoms with E-state index >= 15 is 0 Å². The molecule has 0 bridgehead atoms. The summed E-state index contributed by atoms with van der Waals surface area (Å²) in [5.74, 6) is 6.82. The summed E-state index contributed by atoms with van der Waals surface area (Å²) in [7, 11) is 0. The summed E-state index contributed by atoms with van der Waals surface area (Å²) in [5.41, 5.74) is 1.19. The van der Waals surface area contributed by atoms with Gasteiger partial charge in [0.2, 0.25) is 5.95 Å². The molecule has 4 N–H and O–H groups in total. The Morgan fingerprint density at radius 3 is 2.21 bits per heavy atom. The van der Waals surface area contributed by atoms with Gasteiger partial charge >= 0.3 is 0 Å². The highest BCUT2D eigenvalue weighted by Gasteiger charge is 2.22. The number of benzene rings is 1. The Kier molecular flexibility index (Phi) is 5.63. The van der Waals surface area contributed by atoms with Gasteiger partial charge in [-0.25, -0.2) is 4.98 Å². The van der Waals surface area contributed by atoms with E-state index in [0.717, 1.165) is 18.9 Å². The lowest BCUT2D eigenvalue weighted by atomic mass is 10.1. The summed E-state index contributed by atoms with van der Waals surface area (Å²) < 4.78 is 10.9. The van der Waals surface area contributed by atoms with Crippen LogP contribution in [0.4, 0.5) is 11.8 Å². The number of nitrogens with two attached hydrogens (primary N) is 1. The standard InChI is InChI=1S/C19H24N6O4/c20-23-18(14-2-1-13(26)11-16(14)27)15-12-17(24-3-7-28-8-4-24)22-19(21-15)25-5-9-29-10-6-25/h1-2,11-12,26-27H,3-10,20H2. The molecule has 2 aliphatic rings. The fraction of sp³-hybridized carbons (Fsp3) is 0.421. The Hall–Kier alpha value is -3.11. The van der Waals surface area contributed by atoms with E-state index in [9.17, 15) is 10.2 Å². The van der Waals surface area contributed by atoms with Crippen LogP contribution in [0.3, 0.4) is 0 Å². The van der Waals surface area contributed by atoms with Gasteiger partial charge in [0.05, 0.1) is 32.1 Å². The van der Waals surface area contributed by atoms with Crippen molar-refractivity contribution in [1.29, 1.82) is 0 Å². The second-order valence-electron chi connectivity index (χ2n) is 6.79. The number of aromatic hydroxyl groups is 2. The van der Waals surface area contributed by atoms with E-state index in [4.69, 9.17) is 20.3 Å². The molecule has 2 fully saturated rings. The minimum absolute atomic E-state index is 0.0479. The normalized spacial score (nSPS) is 18.1. The number of hydrogen-bond acceptors (Lipinski definition) is 10. The molecule has 0 unspecified atom stereocenters. The largest absolute Gasteiger partial charge is 0.508 e. The monoisotopic (exact) mass is 400 g/mol. The number of hydrazone groups is 1. The maximum absolute atomic E-state index is 10.3. The lowest BCUT2D eigenvalue weighted by Gasteiger charge is -2.31. The number of aromatic nitrogens is 2. The molecular weight excluding hydrogens is 376 g/mol. The number of ether oxygens (including phenoxy) is 2. The minimum Gasteiger partial charge on any atom is -0.508 e. The average Bonchev–Trinajstić information content (AvgIpc) is 2.77. The molecule has 0 saturated carbocycles. The van der Waals surface area contributed by atoms with Crippen LogP contribution in [0.15, 0.2) is 29.4 Å². The lowest BCUT2D eigenvalue weighted by molar-refractivity contribution is 0.121. The maximum atomic E-state index is 10.3. The van der Waals surface area contributed by atoms with Gasteiger partial charge in [-0.15, -0.1) is 0 Å². The molecule has 1 aromatic carbocycles. The van der Waals surface area contributed by atoms with Crippen LogP contribution in [0.25, 0.3) is 0 Å². The Morgan fingerprint density at radius 1 is 0.931 bits per heavy atom. The van der Waals surface area contributed by atoms with Crippen molar-refractivity contribution in [3.05, 3.63) is 35.5 Å². The molecule has 0 atom stereocenters. The number of phenolic OH excluding ortho intramolecular Hbond substituents is 2. The van der Waals surface area contributed by atoms with E-state index in [1.807, 2.05) is 6.07 Å². The highest BCUT2D eigenvalue weighted by Crippen LogP contribution is 2.27. The molecule has 3 heterocycles. The van der Waals surface area contributed by atoms with Crippen molar-refractivity contribution in [2.45, 2.75) is 0 Å². The number of nitrogens with zero attached hydrogens (tertiary/aromatic N) is 5. The van der Waals surface area contributed by atoms with Gasteiger partial charge in [0, 0.05) is 43.9 Å². The molecule has 154 valence electrons. The van der Waals surface area contributed by atoms with Crippen molar-refractivity contribution in [2.24, 2.45) is 10.9 Å². The predicted molar refractivity (Wildman–Crippen MR) is 108 cm³/mol. The topological polar surface area (TPSA) is 130 Å². The molecule has 2 aliphatic heterocycles. The summed E-state index contributed by atoms with van der Waals surface area (Å²) in [5, 5.41) is 23.8. The van der Waals surface area contributed by atoms with Crippen LogP contribution in [0.5, 0.6) is 11.5 Å². The quantitative estimate of drug-likeness (QED) is 0.376. The van der Waals surface area contributed by atoms with E-state index in [1.165, 1.54) is 12.1 Å². The van der Waals surface area contributed by atoms with Crippen molar-refractivity contribution in [2.75, 3.05) is 62.4 Å². The van der Waals surface area contributed by atoms with Gasteiger partial charge < -0.3 is 35.3 Å². The summed E-state index contributed by atoms with van der Waals surface area (Å²) in [6.45, 7) is 5.29. The Balaban J connectivity index is 1.77. The SMILES string of the molecule is NN=C(c1cc(N2CCOCC2)nc(N2CCOCC2)n1)c1ccc(O)cc1O. The van der Waals surface area contributed by atoms with Crippen LogP contribution in [-0.4, -0.2) is 78.5 Å². The van der Waals surface area contributed by atoms with Crippen LogP contribution in [0.2, 0.25) is 0 Å². The average molecular weight is 400 g/mol. The number of rotatable bonds is 4. The Bertz CT molecular complexity index is 858. The van der Waals surface area contributed by atoms with E-state index in [2.05, 4.69) is 19.9 Å². The van der Waals surface area contributed by atoms with Crippen molar-refractivity contribution in [1.82, 2.24) is 9.97 Å². The van der Waals surface area contributed by atoms with Gasteiger partial charge in [0.15, 0.2) is 0 Å². The van der Waals surface area contributed by atoms with Gasteiger partial charge in [-0.3, -0.25) is 0 Å². The third kappa shape index (κ3) is 4.17. The van der Waals surface area contributed by atoms with Gasteiger partial charge in [-0.05, 0) is 12.1 Å². The zero-order valence-electron chi connectivity index (χ0n) is 16.0. The highest BCUT2D eigenvalue weighted by atomic mass is 16.5. The zero-order chi connectivity index (χ0) is 20.2. The van der Waals surface area contributed by atoms with Crippen LogP contribution in [0.1, 0.15) is 11.3 Å². The lowest BCUT2D eigenvalue weighted by Crippen LogP contribution is -2.39. The number of phenols is 2. The number of anilines is 2. The zero-order valence-corrected chi connectivity index (χ0v) is 16.0. The first-order valence-corrected chi connectivity index (χ1v) is 9.51. The summed E-state index contributed by atoms with van der Waals surface area (Å²) in [4.78, 5) is 13.6. The first kappa shape index (κ1) is 19.2. The molecule has 2 aromatic rings. The smallest absolute Gasteiger partial charge is 0.228 e. The Labute approximate surface area is 168 Å². The van der Waals surface area contributed by atoms with E-state index in [1.54, 1.807) is 6.07 Å². The van der Waals surface area contributed by atoms with Crippen molar-refractivity contribution < 1.29 is 19.7 Å². The van der Waals surface area contributed by atoms with Crippen molar-refractivity contribution in [3.8, 4) is 11.5 Å². The van der Waals surface area contributed by atoms with Crippen LogP contribution in [-0.2, 0) is 9.47 Å². The van der Waals surface area contributed by atoms with Crippen molar-refractivity contribution in [3.63, 3.8) is 0 Å². The van der Waals surface area contributed by atoms with Gasteiger partial charge in [0.25, 0.3) is 0 Å². The summed E-state index contributed by atoms with van der Waals surface area (Å²) in [6, 6.07) is 6.08. The summed E-state index contributed by atoms with van der Waals surface area (Å²) >= 11 is 0. The first-order valence-electron chi connectivity index (χ1n) is 9.51. The number of morpholine rings is 2. The molecule has 1 aromatic heterocycles. The molecule has 0 amide bonds. The minimum atomic E-state index is -0.131. The molecule has 29 heavy (non-hydrogen) atoms. The highest BCUT2D eigenvalue weighted by molar-refractivity contribution is 6.13. The van der Waals surface area contributed by atoms with E-state index < -0.39 is 0 Å². The van der Waals surface area contributed by atoms with E-state index in [-0.39, 0.29) is 11.5 Å². The fourth-order valence-electron chi connectivity index (χ4n) is 3.40. The van der Waals surface area contributed by atoms with Gasteiger partial charge in [0.1, 0.15) is 23.0 Å². The van der Waals surface area contributed by atoms with Crippen LogP contribution >= 0.6 is 0 Å². The molecule has 10 heteroatoms. The second-order valence-corrected chi connectivity index (χ2v) is 6.79. The number of hydrogen-bond donors (Lipinski definition) is 3. The molecule has 2 saturated heterocycles. The predicted octanol–water partition coefficient (Wildman–Crippen LogP) is 0.272. The first-order chi connectivity index (χ1) is 14.2. The third-order valence-electron chi connectivity index (χ3n) is 4.94. The molecule has 0 spiro atoms. The molecular formula is C19H24N6O4. The fourth-order valence-corrected chi connectivity index (χ4v) is 3.40. The van der Waals surface area contributed by atoms with Crippen LogP contribution in [0, 0.1) is 0 Å². The van der Waals surface area contributed by atoms with Crippen LogP contribution < -0.4 is 15.6 Å². The molecule has 4 rings (SSSR count). The van der Waals surface area contributed by atoms with Gasteiger partial charge in [-0.2, -0.15) is 10.1 Å². The van der Waals surface area contributed by atoms with Crippen molar-refractivity contribution >= 4 is 17.5 Å². The second kappa shape index (κ2) is 8.50. The molecule has 0 radical (unpaired) electrons. The maximum Gasteiger partial charge on any atom is 0.228 e. The van der Waals surface area contributed by atoms with E-state index in [0.29, 0.717) is 62.4 Å². The Morgan fingerprint density at radius 2 is 1.59 bits per heavy atom. The van der Waals surface area contributed by atoms with Gasteiger partial charge in [-0.1, -0.05) is 0 Å². The summed E-state index contributed by atoms with van der Waals surface area (Å²) in [6.07, 6.45) is 0.